The van der Waals surface area contributed by atoms with E-state index < -0.39 is 14.9 Å². The van der Waals surface area contributed by atoms with Gasteiger partial charge in [0.15, 0.2) is 0 Å². The summed E-state index contributed by atoms with van der Waals surface area (Å²) in [6.07, 6.45) is 0. The lowest BCUT2D eigenvalue weighted by atomic mass is 10.1. The van der Waals surface area contributed by atoms with Crippen molar-refractivity contribution in [3.8, 4) is 5.75 Å². The van der Waals surface area contributed by atoms with E-state index in [1.807, 2.05) is 32.0 Å². The molecule has 2 aromatic carbocycles. The Morgan fingerprint density at radius 3 is 2.29 bits per heavy atom. The smallest absolute Gasteiger partial charge is 0.265 e. The topological polar surface area (TPSA) is 43.4 Å². The van der Waals surface area contributed by atoms with Crippen molar-refractivity contribution >= 4 is 19.7 Å². The Kier molecular flexibility index (Phi) is 4.54. The zero-order chi connectivity index (χ0) is 15.6. The van der Waals surface area contributed by atoms with E-state index >= 15 is 0 Å². The molecule has 0 amide bonds. The number of benzene rings is 2. The van der Waals surface area contributed by atoms with Crippen molar-refractivity contribution in [1.82, 2.24) is 0 Å². The zero-order valence-corrected chi connectivity index (χ0v) is 13.1. The van der Waals surface area contributed by atoms with E-state index in [4.69, 9.17) is 15.4 Å². The minimum absolute atomic E-state index is 0.0329. The van der Waals surface area contributed by atoms with Gasteiger partial charge in [0, 0.05) is 10.7 Å². The van der Waals surface area contributed by atoms with Gasteiger partial charge in [-0.25, -0.2) is 12.8 Å². The highest BCUT2D eigenvalue weighted by atomic mass is 35.7. The van der Waals surface area contributed by atoms with Gasteiger partial charge in [-0.1, -0.05) is 29.3 Å². The first-order valence-corrected chi connectivity index (χ1v) is 8.51. The Hall–Kier alpha value is -1.59. The second-order valence-electron chi connectivity index (χ2n) is 4.81. The maximum atomic E-state index is 13.2. The maximum Gasteiger partial charge on any atom is 0.265 e. The summed E-state index contributed by atoms with van der Waals surface area (Å²) < 4.78 is 41.5. The molecule has 0 aromatic heterocycles. The number of hydrogen-bond acceptors (Lipinski definition) is 3. The molecule has 112 valence electrons. The first-order chi connectivity index (χ1) is 9.75. The molecule has 21 heavy (non-hydrogen) atoms. The van der Waals surface area contributed by atoms with Crippen molar-refractivity contribution < 1.29 is 17.5 Å². The molecule has 0 saturated carbocycles. The number of halogens is 2. The van der Waals surface area contributed by atoms with E-state index in [0.717, 1.165) is 28.8 Å². The Balaban J connectivity index is 2.28. The lowest BCUT2D eigenvalue weighted by molar-refractivity contribution is 0.297. The zero-order valence-electron chi connectivity index (χ0n) is 11.6. The third-order valence-corrected chi connectivity index (χ3v) is 4.19. The fourth-order valence-corrected chi connectivity index (χ4v) is 3.09. The van der Waals surface area contributed by atoms with E-state index in [9.17, 15) is 12.8 Å². The molecule has 0 spiro atoms. The quantitative estimate of drug-likeness (QED) is 0.798. The molecule has 0 atom stereocenters. The molecule has 0 unspecified atom stereocenters. The summed E-state index contributed by atoms with van der Waals surface area (Å²) >= 11 is 0. The van der Waals surface area contributed by atoms with Crippen molar-refractivity contribution in [3.05, 3.63) is 58.9 Å². The maximum absolute atomic E-state index is 13.2. The number of ether oxygens (including phenoxy) is 1. The molecular formula is C15H14ClFO3S. The molecular weight excluding hydrogens is 315 g/mol. The van der Waals surface area contributed by atoms with Crippen LogP contribution in [0, 0.1) is 19.7 Å². The largest absolute Gasteiger partial charge is 0.487 e. The van der Waals surface area contributed by atoms with Crippen LogP contribution in [-0.2, 0) is 15.7 Å². The van der Waals surface area contributed by atoms with E-state index in [0.29, 0.717) is 0 Å². The van der Waals surface area contributed by atoms with Crippen LogP contribution in [0.3, 0.4) is 0 Å². The van der Waals surface area contributed by atoms with Gasteiger partial charge in [0.25, 0.3) is 9.05 Å². The second-order valence-corrected chi connectivity index (χ2v) is 7.35. The first kappa shape index (κ1) is 15.8. The molecule has 0 radical (unpaired) electrons. The van der Waals surface area contributed by atoms with Gasteiger partial charge in [-0.05, 0) is 37.6 Å². The molecule has 0 heterocycles. The van der Waals surface area contributed by atoms with Gasteiger partial charge in [0.1, 0.15) is 23.1 Å². The van der Waals surface area contributed by atoms with Crippen LogP contribution in [0.15, 0.2) is 41.3 Å². The molecule has 3 nitrogen and oxygen atoms in total. The summed E-state index contributed by atoms with van der Waals surface area (Å²) in [5, 5.41) is 0. The highest BCUT2D eigenvalue weighted by Gasteiger charge is 2.18. The van der Waals surface area contributed by atoms with Crippen LogP contribution in [0.4, 0.5) is 4.39 Å². The predicted molar refractivity (Wildman–Crippen MR) is 79.7 cm³/mol. The van der Waals surface area contributed by atoms with Crippen LogP contribution >= 0.6 is 10.7 Å². The summed E-state index contributed by atoms with van der Waals surface area (Å²) in [5.41, 5.74) is 3.06. The summed E-state index contributed by atoms with van der Waals surface area (Å²) in [6.45, 7) is 4.10. The summed E-state index contributed by atoms with van der Waals surface area (Å²) in [4.78, 5) is -0.367. The van der Waals surface area contributed by atoms with E-state index in [-0.39, 0.29) is 17.3 Å². The molecule has 0 saturated heterocycles. The van der Waals surface area contributed by atoms with Gasteiger partial charge in [0.05, 0.1) is 0 Å². The van der Waals surface area contributed by atoms with Crippen LogP contribution in [0.2, 0.25) is 0 Å². The van der Waals surface area contributed by atoms with Crippen molar-refractivity contribution in [3.63, 3.8) is 0 Å². The Labute approximate surface area is 127 Å². The lowest BCUT2D eigenvalue weighted by Crippen LogP contribution is -2.02. The second kappa shape index (κ2) is 6.03. The normalized spacial score (nSPS) is 11.4. The highest BCUT2D eigenvalue weighted by molar-refractivity contribution is 8.13. The van der Waals surface area contributed by atoms with Crippen LogP contribution < -0.4 is 4.74 Å². The van der Waals surface area contributed by atoms with Crippen molar-refractivity contribution in [1.29, 1.82) is 0 Å². The molecule has 2 aromatic rings. The predicted octanol–water partition coefficient (Wildman–Crippen LogP) is 3.95. The van der Waals surface area contributed by atoms with E-state index in [1.165, 1.54) is 6.07 Å². The SMILES string of the molecule is Cc1cc(C)cc(COc2ccc(F)cc2S(=O)(=O)Cl)c1. The molecule has 0 N–H and O–H groups in total. The molecule has 2 rings (SSSR count). The van der Waals surface area contributed by atoms with Gasteiger partial charge < -0.3 is 4.74 Å². The van der Waals surface area contributed by atoms with Gasteiger partial charge in [0.2, 0.25) is 0 Å². The fraction of sp³-hybridized carbons (Fsp3) is 0.200. The molecule has 0 aliphatic heterocycles. The Morgan fingerprint density at radius 1 is 1.10 bits per heavy atom. The van der Waals surface area contributed by atoms with Crippen molar-refractivity contribution in [2.24, 2.45) is 0 Å². The number of rotatable bonds is 4. The third kappa shape index (κ3) is 4.19. The molecule has 6 heteroatoms. The highest BCUT2D eigenvalue weighted by Crippen LogP contribution is 2.28. The van der Waals surface area contributed by atoms with Gasteiger partial charge in [-0.3, -0.25) is 0 Å². The average molecular weight is 329 g/mol. The van der Waals surface area contributed by atoms with Crippen LogP contribution in [0.25, 0.3) is 0 Å². The van der Waals surface area contributed by atoms with E-state index in [2.05, 4.69) is 0 Å². The third-order valence-electron chi connectivity index (χ3n) is 2.84. The van der Waals surface area contributed by atoms with Gasteiger partial charge in [-0.2, -0.15) is 0 Å². The average Bonchev–Trinajstić information content (AvgIpc) is 2.35. The van der Waals surface area contributed by atoms with Gasteiger partial charge >= 0.3 is 0 Å². The minimum atomic E-state index is -4.07. The summed E-state index contributed by atoms with van der Waals surface area (Å²) in [6, 6.07) is 9.13. The van der Waals surface area contributed by atoms with Crippen LogP contribution in [-0.4, -0.2) is 8.42 Å². The fourth-order valence-electron chi connectivity index (χ4n) is 2.11. The standard InChI is InChI=1S/C15H14ClFO3S/c1-10-5-11(2)7-12(6-10)9-20-14-4-3-13(17)8-15(14)21(16,18)19/h3-8H,9H2,1-2H3. The molecule has 0 bridgehead atoms. The Morgan fingerprint density at radius 2 is 1.71 bits per heavy atom. The van der Waals surface area contributed by atoms with Crippen molar-refractivity contribution in [2.75, 3.05) is 0 Å². The number of aryl methyl sites for hydroxylation is 2. The molecule has 0 fully saturated rings. The van der Waals surface area contributed by atoms with E-state index in [1.54, 1.807) is 0 Å². The van der Waals surface area contributed by atoms with Crippen molar-refractivity contribution in [2.45, 2.75) is 25.3 Å². The number of hydrogen-bond donors (Lipinski definition) is 0. The first-order valence-electron chi connectivity index (χ1n) is 6.20. The van der Waals surface area contributed by atoms with Crippen LogP contribution in [0.5, 0.6) is 5.75 Å². The summed E-state index contributed by atoms with van der Waals surface area (Å²) in [7, 11) is 1.22. The van der Waals surface area contributed by atoms with Crippen LogP contribution in [0.1, 0.15) is 16.7 Å². The Bertz CT molecular complexity index is 752. The summed E-state index contributed by atoms with van der Waals surface area (Å²) in [5.74, 6) is -0.654. The minimum Gasteiger partial charge on any atom is -0.487 e. The van der Waals surface area contributed by atoms with Gasteiger partial charge in [-0.15, -0.1) is 0 Å². The lowest BCUT2D eigenvalue weighted by Gasteiger charge is -2.11. The molecule has 0 aliphatic carbocycles. The monoisotopic (exact) mass is 328 g/mol. The molecule has 0 aliphatic rings.